The molecule has 0 aliphatic heterocycles. The second kappa shape index (κ2) is 5.95. The summed E-state index contributed by atoms with van der Waals surface area (Å²) in [4.78, 5) is 14.2. The van der Waals surface area contributed by atoms with Gasteiger partial charge in [-0.2, -0.15) is 0 Å². The van der Waals surface area contributed by atoms with E-state index in [0.29, 0.717) is 0 Å². The summed E-state index contributed by atoms with van der Waals surface area (Å²) in [7, 11) is 0. The largest absolute Gasteiger partial charge is 0.444 e. The van der Waals surface area contributed by atoms with E-state index < -0.39 is 5.60 Å². The summed E-state index contributed by atoms with van der Waals surface area (Å²) in [6, 6.07) is 0.0585. The highest BCUT2D eigenvalue weighted by Crippen LogP contribution is 2.32. The molecule has 0 aromatic carbocycles. The fraction of sp³-hybridized carbons (Fsp3) is 0.800. The minimum Gasteiger partial charge on any atom is -0.444 e. The summed E-state index contributed by atoms with van der Waals surface area (Å²) in [6.07, 6.45) is 2.64. The lowest BCUT2D eigenvalue weighted by atomic mass is 9.99. The number of carbonyl (C=O) groups excluding carboxylic acids is 1. The van der Waals surface area contributed by atoms with Crippen molar-refractivity contribution in [3.8, 4) is 0 Å². The predicted molar refractivity (Wildman–Crippen MR) is 78.0 cm³/mol. The van der Waals surface area contributed by atoms with Crippen molar-refractivity contribution >= 4 is 6.09 Å². The molecule has 0 radical (unpaired) electrons. The number of ether oxygens (including phenoxy) is 1. The number of hydrogen-bond acceptors (Lipinski definition) is 3. The Hall–Kier alpha value is -1.03. The SMILES string of the molecule is C=C(C)[C@@H](N)[C@H](CC)N(C(=O)OC(C)(C)C)C1CC1. The first-order valence-electron chi connectivity index (χ1n) is 7.09. The molecule has 4 nitrogen and oxygen atoms in total. The molecular weight excluding hydrogens is 240 g/mol. The number of amides is 1. The minimum absolute atomic E-state index is 0.0279. The van der Waals surface area contributed by atoms with Crippen molar-refractivity contribution < 1.29 is 9.53 Å². The number of nitrogens with zero attached hydrogens (tertiary/aromatic N) is 1. The van der Waals surface area contributed by atoms with Gasteiger partial charge in [-0.05, 0) is 47.0 Å². The highest BCUT2D eigenvalue weighted by Gasteiger charge is 2.41. The summed E-state index contributed by atoms with van der Waals surface area (Å²) in [5.74, 6) is 0. The smallest absolute Gasteiger partial charge is 0.410 e. The van der Waals surface area contributed by atoms with E-state index >= 15 is 0 Å². The maximum Gasteiger partial charge on any atom is 0.410 e. The van der Waals surface area contributed by atoms with Crippen LogP contribution in [-0.2, 0) is 4.74 Å². The Morgan fingerprint density at radius 2 is 2.00 bits per heavy atom. The van der Waals surface area contributed by atoms with Gasteiger partial charge in [0.1, 0.15) is 5.60 Å². The van der Waals surface area contributed by atoms with E-state index in [4.69, 9.17) is 10.5 Å². The second-order valence-corrected chi connectivity index (χ2v) is 6.47. The van der Waals surface area contributed by atoms with Crippen LogP contribution in [0.4, 0.5) is 4.79 Å². The molecule has 1 amide bonds. The molecule has 1 aliphatic carbocycles. The molecule has 2 atom stereocenters. The quantitative estimate of drug-likeness (QED) is 0.780. The van der Waals surface area contributed by atoms with Crippen molar-refractivity contribution in [3.63, 3.8) is 0 Å². The molecule has 0 heterocycles. The number of hydrogen-bond donors (Lipinski definition) is 1. The summed E-state index contributed by atoms with van der Waals surface area (Å²) in [5, 5.41) is 0. The van der Waals surface area contributed by atoms with Gasteiger partial charge in [-0.25, -0.2) is 4.79 Å². The average Bonchev–Trinajstić information content (AvgIpc) is 3.05. The normalized spacial score (nSPS) is 18.6. The van der Waals surface area contributed by atoms with Crippen LogP contribution in [0.5, 0.6) is 0 Å². The molecule has 0 aromatic rings. The van der Waals surface area contributed by atoms with Crippen LogP contribution in [0.15, 0.2) is 12.2 Å². The van der Waals surface area contributed by atoms with Crippen molar-refractivity contribution in [2.75, 3.05) is 0 Å². The fourth-order valence-electron chi connectivity index (χ4n) is 2.17. The third kappa shape index (κ3) is 4.53. The van der Waals surface area contributed by atoms with Gasteiger partial charge < -0.3 is 15.4 Å². The van der Waals surface area contributed by atoms with Gasteiger partial charge in [0.2, 0.25) is 0 Å². The Bertz CT molecular complexity index is 343. The van der Waals surface area contributed by atoms with Crippen molar-refractivity contribution in [1.29, 1.82) is 0 Å². The first kappa shape index (κ1) is 16.0. The topological polar surface area (TPSA) is 55.6 Å². The highest BCUT2D eigenvalue weighted by atomic mass is 16.6. The maximum absolute atomic E-state index is 12.4. The molecule has 1 fully saturated rings. The monoisotopic (exact) mass is 268 g/mol. The predicted octanol–water partition coefficient (Wildman–Crippen LogP) is 3.07. The average molecular weight is 268 g/mol. The van der Waals surface area contributed by atoms with Crippen molar-refractivity contribution in [2.45, 2.75) is 77.6 Å². The maximum atomic E-state index is 12.4. The molecule has 0 saturated heterocycles. The Labute approximate surface area is 117 Å². The first-order chi connectivity index (χ1) is 8.67. The van der Waals surface area contributed by atoms with Crippen LogP contribution in [0, 0.1) is 0 Å². The molecule has 0 unspecified atom stereocenters. The summed E-state index contributed by atoms with van der Waals surface area (Å²) in [5.41, 5.74) is 6.62. The van der Waals surface area contributed by atoms with Gasteiger partial charge in [-0.3, -0.25) is 0 Å². The standard InChI is InChI=1S/C15H28N2O2/c1-7-12(13(16)10(2)3)17(11-8-9-11)14(18)19-15(4,5)6/h11-13H,2,7-9,16H2,1,3-6H3/t12-,13+/m0/s1. The molecule has 2 N–H and O–H groups in total. The minimum atomic E-state index is -0.476. The van der Waals surface area contributed by atoms with Crippen molar-refractivity contribution in [1.82, 2.24) is 4.90 Å². The molecule has 0 bridgehead atoms. The van der Waals surface area contributed by atoms with Crippen LogP contribution in [0.1, 0.15) is 53.9 Å². The molecule has 1 aliphatic rings. The van der Waals surface area contributed by atoms with E-state index in [1.165, 1.54) is 0 Å². The molecule has 1 saturated carbocycles. The van der Waals surface area contributed by atoms with E-state index in [2.05, 4.69) is 6.58 Å². The Morgan fingerprint density at radius 3 is 2.32 bits per heavy atom. The van der Waals surface area contributed by atoms with Gasteiger partial charge >= 0.3 is 6.09 Å². The number of carbonyl (C=O) groups is 1. The van der Waals surface area contributed by atoms with Crippen molar-refractivity contribution in [2.24, 2.45) is 5.73 Å². The zero-order valence-electron chi connectivity index (χ0n) is 12.9. The lowest BCUT2D eigenvalue weighted by Gasteiger charge is -2.36. The van der Waals surface area contributed by atoms with Crippen LogP contribution in [0.25, 0.3) is 0 Å². The third-order valence-corrected chi connectivity index (χ3v) is 3.30. The zero-order valence-corrected chi connectivity index (χ0v) is 12.9. The van der Waals surface area contributed by atoms with Gasteiger partial charge in [-0.15, -0.1) is 0 Å². The third-order valence-electron chi connectivity index (χ3n) is 3.30. The fourth-order valence-corrected chi connectivity index (χ4v) is 2.17. The Morgan fingerprint density at radius 1 is 1.47 bits per heavy atom. The van der Waals surface area contributed by atoms with Crippen LogP contribution in [0.2, 0.25) is 0 Å². The van der Waals surface area contributed by atoms with Gasteiger partial charge in [0.25, 0.3) is 0 Å². The molecule has 0 spiro atoms. The van der Waals surface area contributed by atoms with Gasteiger partial charge in [0.15, 0.2) is 0 Å². The van der Waals surface area contributed by atoms with E-state index in [9.17, 15) is 4.79 Å². The van der Waals surface area contributed by atoms with Crippen LogP contribution >= 0.6 is 0 Å². The lowest BCUT2D eigenvalue weighted by Crippen LogP contribution is -2.52. The molecule has 4 heteroatoms. The van der Waals surface area contributed by atoms with Gasteiger partial charge in [0, 0.05) is 12.1 Å². The molecule has 110 valence electrons. The molecular formula is C15H28N2O2. The molecule has 1 rings (SSSR count). The number of nitrogens with two attached hydrogens (primary N) is 1. The molecule has 19 heavy (non-hydrogen) atoms. The van der Waals surface area contributed by atoms with E-state index in [1.54, 1.807) is 0 Å². The van der Waals surface area contributed by atoms with Crippen LogP contribution in [-0.4, -0.2) is 34.7 Å². The van der Waals surface area contributed by atoms with Crippen LogP contribution in [0.3, 0.4) is 0 Å². The van der Waals surface area contributed by atoms with Gasteiger partial charge in [0.05, 0.1) is 6.04 Å². The summed E-state index contributed by atoms with van der Waals surface area (Å²) >= 11 is 0. The van der Waals surface area contributed by atoms with E-state index in [1.807, 2.05) is 39.5 Å². The van der Waals surface area contributed by atoms with E-state index in [-0.39, 0.29) is 24.2 Å². The number of rotatable bonds is 5. The van der Waals surface area contributed by atoms with Crippen LogP contribution < -0.4 is 5.73 Å². The first-order valence-corrected chi connectivity index (χ1v) is 7.09. The summed E-state index contributed by atoms with van der Waals surface area (Å²) in [6.45, 7) is 13.5. The lowest BCUT2D eigenvalue weighted by molar-refractivity contribution is 0.0118. The summed E-state index contributed by atoms with van der Waals surface area (Å²) < 4.78 is 5.52. The molecule has 0 aromatic heterocycles. The highest BCUT2D eigenvalue weighted by molar-refractivity contribution is 5.69. The van der Waals surface area contributed by atoms with Gasteiger partial charge in [-0.1, -0.05) is 19.1 Å². The second-order valence-electron chi connectivity index (χ2n) is 6.47. The Kier molecular flexibility index (Phi) is 5.02. The Balaban J connectivity index is 2.86. The van der Waals surface area contributed by atoms with Crippen molar-refractivity contribution in [3.05, 3.63) is 12.2 Å². The zero-order chi connectivity index (χ0) is 14.8. The van der Waals surface area contributed by atoms with E-state index in [0.717, 1.165) is 24.8 Å².